The molecule has 0 saturated carbocycles. The highest BCUT2D eigenvalue weighted by Crippen LogP contribution is 2.25. The van der Waals surface area contributed by atoms with Gasteiger partial charge in [0.1, 0.15) is 5.82 Å². The minimum absolute atomic E-state index is 0.0315. The van der Waals surface area contributed by atoms with Crippen molar-refractivity contribution < 1.29 is 9.18 Å². The number of amides is 1. The maximum Gasteiger partial charge on any atom is 0.258 e. The van der Waals surface area contributed by atoms with E-state index in [0.29, 0.717) is 10.2 Å². The highest BCUT2D eigenvalue weighted by Gasteiger charge is 2.17. The summed E-state index contributed by atoms with van der Waals surface area (Å²) in [6.45, 7) is 6.10. The maximum atomic E-state index is 13.9. The minimum atomic E-state index is -0.544. The molecule has 0 aromatic heterocycles. The number of halogens is 2. The summed E-state index contributed by atoms with van der Waals surface area (Å²) in [5.41, 5.74) is 2.98. The van der Waals surface area contributed by atoms with Crippen molar-refractivity contribution in [3.63, 3.8) is 0 Å². The molecule has 132 valence electrons. The summed E-state index contributed by atoms with van der Waals surface area (Å²) in [4.78, 5) is 17.0. The zero-order valence-electron chi connectivity index (χ0n) is 14.4. The first-order valence-corrected chi connectivity index (χ1v) is 9.04. The number of carbonyl (C=O) groups excluding carboxylic acids is 1. The first-order valence-electron chi connectivity index (χ1n) is 8.24. The number of aryl methyl sites for hydroxylation is 1. The molecule has 0 spiro atoms. The molecule has 3 rings (SSSR count). The molecule has 2 aromatic rings. The van der Waals surface area contributed by atoms with Gasteiger partial charge in [-0.1, -0.05) is 15.9 Å². The molecule has 0 aliphatic carbocycles. The molecule has 0 unspecified atom stereocenters. The molecule has 1 heterocycles. The van der Waals surface area contributed by atoms with Crippen LogP contribution in [0.4, 0.5) is 15.8 Å². The van der Waals surface area contributed by atoms with E-state index in [0.717, 1.165) is 31.7 Å². The zero-order chi connectivity index (χ0) is 18.0. The number of likely N-dealkylation sites (N-methyl/N-ethyl adjacent to an activating group) is 1. The van der Waals surface area contributed by atoms with Crippen molar-refractivity contribution in [2.75, 3.05) is 43.4 Å². The van der Waals surface area contributed by atoms with Gasteiger partial charge in [-0.05, 0) is 55.9 Å². The van der Waals surface area contributed by atoms with Crippen LogP contribution in [-0.2, 0) is 0 Å². The zero-order valence-corrected chi connectivity index (χ0v) is 15.9. The number of benzene rings is 2. The summed E-state index contributed by atoms with van der Waals surface area (Å²) in [5, 5.41) is 2.78. The normalized spacial score (nSPS) is 15.3. The Hall–Kier alpha value is -1.92. The average molecular weight is 406 g/mol. The largest absolute Gasteiger partial charge is 0.369 e. The number of hydrogen-bond donors (Lipinski definition) is 1. The second-order valence-corrected chi connectivity index (χ2v) is 7.29. The van der Waals surface area contributed by atoms with Crippen LogP contribution in [-0.4, -0.2) is 44.0 Å². The second-order valence-electron chi connectivity index (χ2n) is 6.37. The third kappa shape index (κ3) is 4.19. The van der Waals surface area contributed by atoms with Crippen molar-refractivity contribution in [1.82, 2.24) is 4.90 Å². The van der Waals surface area contributed by atoms with Gasteiger partial charge in [0.25, 0.3) is 5.91 Å². The number of carbonyl (C=O) groups is 1. The molecule has 1 N–H and O–H groups in total. The molecule has 1 saturated heterocycles. The van der Waals surface area contributed by atoms with Gasteiger partial charge >= 0.3 is 0 Å². The van der Waals surface area contributed by atoms with Crippen LogP contribution in [0.3, 0.4) is 0 Å². The van der Waals surface area contributed by atoms with Gasteiger partial charge in [0.15, 0.2) is 0 Å². The average Bonchev–Trinajstić information content (AvgIpc) is 2.56. The summed E-state index contributed by atoms with van der Waals surface area (Å²) in [5.74, 6) is -0.991. The van der Waals surface area contributed by atoms with Crippen molar-refractivity contribution in [3.05, 3.63) is 57.8 Å². The van der Waals surface area contributed by atoms with Gasteiger partial charge in [-0.15, -0.1) is 0 Å². The van der Waals surface area contributed by atoms with E-state index in [2.05, 4.69) is 38.1 Å². The predicted molar refractivity (Wildman–Crippen MR) is 103 cm³/mol. The number of rotatable bonds is 3. The van der Waals surface area contributed by atoms with Crippen molar-refractivity contribution in [1.29, 1.82) is 0 Å². The highest BCUT2D eigenvalue weighted by atomic mass is 79.9. The molecule has 1 aliphatic rings. The van der Waals surface area contributed by atoms with Crippen molar-refractivity contribution in [2.45, 2.75) is 6.92 Å². The monoisotopic (exact) mass is 405 g/mol. The van der Waals surface area contributed by atoms with Crippen LogP contribution in [0.25, 0.3) is 0 Å². The molecule has 0 bridgehead atoms. The maximum absolute atomic E-state index is 13.9. The summed E-state index contributed by atoms with van der Waals surface area (Å²) >= 11 is 3.19. The second kappa shape index (κ2) is 7.54. The molecular formula is C19H21BrFN3O. The Morgan fingerprint density at radius 3 is 2.48 bits per heavy atom. The van der Waals surface area contributed by atoms with E-state index in [1.165, 1.54) is 17.8 Å². The van der Waals surface area contributed by atoms with Gasteiger partial charge in [0, 0.05) is 42.0 Å². The van der Waals surface area contributed by atoms with Crippen LogP contribution in [0.1, 0.15) is 15.9 Å². The van der Waals surface area contributed by atoms with Crippen LogP contribution in [0.2, 0.25) is 0 Å². The van der Waals surface area contributed by atoms with Crippen LogP contribution in [0, 0.1) is 12.7 Å². The van der Waals surface area contributed by atoms with E-state index in [-0.39, 0.29) is 5.56 Å². The van der Waals surface area contributed by atoms with E-state index < -0.39 is 11.7 Å². The van der Waals surface area contributed by atoms with Crippen molar-refractivity contribution >= 4 is 33.2 Å². The van der Waals surface area contributed by atoms with E-state index in [1.807, 2.05) is 25.1 Å². The topological polar surface area (TPSA) is 35.6 Å². The standard InChI is InChI=1S/C19H21BrFN3O/c1-13-11-15(4-6-18(13)24-9-7-23(2)8-10-24)22-19(25)16-5-3-14(20)12-17(16)21/h3-6,11-12H,7-10H2,1-2H3,(H,22,25). The summed E-state index contributed by atoms with van der Waals surface area (Å²) in [6, 6.07) is 10.2. The molecule has 0 radical (unpaired) electrons. The predicted octanol–water partition coefficient (Wildman–Crippen LogP) is 3.90. The fourth-order valence-corrected chi connectivity index (χ4v) is 3.34. The van der Waals surface area contributed by atoms with E-state index in [1.54, 1.807) is 6.07 Å². The molecule has 6 heteroatoms. The lowest BCUT2D eigenvalue weighted by Gasteiger charge is -2.35. The fourth-order valence-electron chi connectivity index (χ4n) is 3.01. The summed E-state index contributed by atoms with van der Waals surface area (Å²) < 4.78 is 14.5. The number of hydrogen-bond acceptors (Lipinski definition) is 3. The smallest absolute Gasteiger partial charge is 0.258 e. The molecule has 1 aliphatic heterocycles. The van der Waals surface area contributed by atoms with E-state index in [9.17, 15) is 9.18 Å². The Labute approximate surface area is 155 Å². The van der Waals surface area contributed by atoms with Gasteiger partial charge in [-0.25, -0.2) is 4.39 Å². The summed E-state index contributed by atoms with van der Waals surface area (Å²) in [7, 11) is 2.13. The first kappa shape index (κ1) is 17.9. The minimum Gasteiger partial charge on any atom is -0.369 e. The Bertz CT molecular complexity index is 788. The van der Waals surface area contributed by atoms with Gasteiger partial charge in [-0.3, -0.25) is 4.79 Å². The van der Waals surface area contributed by atoms with Gasteiger partial charge < -0.3 is 15.1 Å². The number of piperazine rings is 1. The lowest BCUT2D eigenvalue weighted by molar-refractivity contribution is 0.102. The van der Waals surface area contributed by atoms with Crippen LogP contribution in [0.15, 0.2) is 40.9 Å². The molecule has 1 amide bonds. The van der Waals surface area contributed by atoms with Gasteiger partial charge in [0.2, 0.25) is 0 Å². The Morgan fingerprint density at radius 1 is 1.12 bits per heavy atom. The van der Waals surface area contributed by atoms with Crippen LogP contribution in [0.5, 0.6) is 0 Å². The molecule has 25 heavy (non-hydrogen) atoms. The van der Waals surface area contributed by atoms with E-state index >= 15 is 0 Å². The quantitative estimate of drug-likeness (QED) is 0.840. The van der Waals surface area contributed by atoms with Crippen LogP contribution >= 0.6 is 15.9 Å². The van der Waals surface area contributed by atoms with Crippen molar-refractivity contribution in [2.24, 2.45) is 0 Å². The number of nitrogens with zero attached hydrogens (tertiary/aromatic N) is 2. The lowest BCUT2D eigenvalue weighted by Crippen LogP contribution is -2.44. The lowest BCUT2D eigenvalue weighted by atomic mass is 10.1. The third-order valence-corrected chi connectivity index (χ3v) is 4.97. The molecule has 0 atom stereocenters. The Kier molecular flexibility index (Phi) is 5.39. The van der Waals surface area contributed by atoms with Gasteiger partial charge in [-0.2, -0.15) is 0 Å². The van der Waals surface area contributed by atoms with Gasteiger partial charge in [0.05, 0.1) is 5.56 Å². The Morgan fingerprint density at radius 2 is 1.84 bits per heavy atom. The summed E-state index contributed by atoms with van der Waals surface area (Å²) in [6.07, 6.45) is 0. The van der Waals surface area contributed by atoms with E-state index in [4.69, 9.17) is 0 Å². The Balaban J connectivity index is 1.73. The van der Waals surface area contributed by atoms with Crippen LogP contribution < -0.4 is 10.2 Å². The number of nitrogens with one attached hydrogen (secondary N) is 1. The molecule has 1 fully saturated rings. The first-order chi connectivity index (χ1) is 11.9. The molecular weight excluding hydrogens is 385 g/mol. The van der Waals surface area contributed by atoms with Crippen molar-refractivity contribution in [3.8, 4) is 0 Å². The third-order valence-electron chi connectivity index (χ3n) is 4.47. The SMILES string of the molecule is Cc1cc(NC(=O)c2ccc(Br)cc2F)ccc1N1CCN(C)CC1. The highest BCUT2D eigenvalue weighted by molar-refractivity contribution is 9.10. The molecule has 4 nitrogen and oxygen atoms in total. The molecule has 2 aromatic carbocycles. The fraction of sp³-hybridized carbons (Fsp3) is 0.316. The number of anilines is 2.